The molecule has 2 bridgehead atoms. The van der Waals surface area contributed by atoms with Crippen molar-refractivity contribution in [2.75, 3.05) is 6.54 Å². The molecule has 6 rings (SSSR count). The van der Waals surface area contributed by atoms with Gasteiger partial charge in [0.1, 0.15) is 0 Å². The molecule has 1 heterocycles. The summed E-state index contributed by atoms with van der Waals surface area (Å²) in [6, 6.07) is 21.5. The van der Waals surface area contributed by atoms with Gasteiger partial charge in [0.25, 0.3) is 5.91 Å². The van der Waals surface area contributed by atoms with E-state index in [-0.39, 0.29) is 5.91 Å². The lowest BCUT2D eigenvalue weighted by molar-refractivity contribution is 0.0947. The average Bonchev–Trinajstić information content (AvgIpc) is 3.21. The first-order valence-corrected chi connectivity index (χ1v) is 9.70. The molecule has 1 N–H and O–H groups in total. The number of hydrogen-bond donors (Lipinski definition) is 1. The zero-order valence-electron chi connectivity index (χ0n) is 13.8. The van der Waals surface area contributed by atoms with Crippen molar-refractivity contribution in [3.8, 4) is 0 Å². The Bertz CT molecular complexity index is 883. The van der Waals surface area contributed by atoms with E-state index in [9.17, 15) is 4.79 Å². The van der Waals surface area contributed by atoms with Crippen molar-refractivity contribution in [1.82, 2.24) is 5.32 Å². The van der Waals surface area contributed by atoms with Crippen molar-refractivity contribution in [2.24, 2.45) is 5.92 Å². The molecule has 25 heavy (non-hydrogen) atoms. The molecule has 0 spiro atoms. The Kier molecular flexibility index (Phi) is 3.49. The third kappa shape index (κ3) is 2.34. The van der Waals surface area contributed by atoms with Crippen LogP contribution < -0.4 is 5.32 Å². The summed E-state index contributed by atoms with van der Waals surface area (Å²) in [5, 5.41) is 5.12. The van der Waals surface area contributed by atoms with Gasteiger partial charge in [0.15, 0.2) is 0 Å². The van der Waals surface area contributed by atoms with Crippen LogP contribution in [0.2, 0.25) is 0 Å². The van der Waals surface area contributed by atoms with Crippen molar-refractivity contribution in [2.45, 2.75) is 18.3 Å². The van der Waals surface area contributed by atoms with Crippen molar-refractivity contribution in [1.29, 1.82) is 0 Å². The number of amides is 1. The standard InChI is InChI=1S/C22H19NOS/c24-22(20-10-5-11-25-20)23-13-14-12-19-15-6-1-3-8-17(15)21(14)18-9-4-2-7-16(18)19/h1-11,14,19,21H,12-13H2,(H,23,24). The number of benzene rings is 2. The van der Waals surface area contributed by atoms with Crippen LogP contribution in [-0.4, -0.2) is 12.5 Å². The molecular formula is C22H19NOS. The van der Waals surface area contributed by atoms with E-state index >= 15 is 0 Å². The van der Waals surface area contributed by atoms with E-state index in [0.29, 0.717) is 17.8 Å². The minimum atomic E-state index is 0.0537. The minimum Gasteiger partial charge on any atom is -0.351 e. The normalized spacial score (nSPS) is 23.0. The second kappa shape index (κ2) is 5.85. The van der Waals surface area contributed by atoms with E-state index in [4.69, 9.17) is 0 Å². The van der Waals surface area contributed by atoms with E-state index in [0.717, 1.165) is 17.8 Å². The van der Waals surface area contributed by atoms with Crippen LogP contribution in [0.3, 0.4) is 0 Å². The molecular weight excluding hydrogens is 326 g/mol. The Morgan fingerprint density at radius 2 is 1.56 bits per heavy atom. The Balaban J connectivity index is 1.47. The molecule has 1 amide bonds. The maximum Gasteiger partial charge on any atom is 0.261 e. The molecule has 0 fully saturated rings. The van der Waals surface area contributed by atoms with Crippen LogP contribution >= 0.6 is 11.3 Å². The lowest BCUT2D eigenvalue weighted by Crippen LogP contribution is -2.39. The molecule has 1 atom stereocenters. The predicted octanol–water partition coefficient (Wildman–Crippen LogP) is 4.78. The van der Waals surface area contributed by atoms with Gasteiger partial charge in [-0.2, -0.15) is 0 Å². The average molecular weight is 345 g/mol. The maximum atomic E-state index is 12.3. The van der Waals surface area contributed by atoms with E-state index in [1.807, 2.05) is 17.5 Å². The molecule has 2 aromatic carbocycles. The van der Waals surface area contributed by atoms with Gasteiger partial charge in [-0.05, 0) is 46.0 Å². The van der Waals surface area contributed by atoms with Crippen LogP contribution in [-0.2, 0) is 0 Å². The van der Waals surface area contributed by atoms with Crippen LogP contribution in [0.5, 0.6) is 0 Å². The van der Waals surface area contributed by atoms with Crippen molar-refractivity contribution >= 4 is 17.2 Å². The fraction of sp³-hybridized carbons (Fsp3) is 0.227. The molecule has 3 heteroatoms. The zero-order chi connectivity index (χ0) is 16.8. The first-order chi connectivity index (χ1) is 12.3. The molecule has 0 saturated carbocycles. The Morgan fingerprint density at radius 1 is 0.920 bits per heavy atom. The van der Waals surface area contributed by atoms with Gasteiger partial charge in [-0.25, -0.2) is 0 Å². The predicted molar refractivity (Wildman–Crippen MR) is 101 cm³/mol. The van der Waals surface area contributed by atoms with Crippen LogP contribution in [0.15, 0.2) is 66.0 Å². The molecule has 3 aliphatic rings. The first-order valence-electron chi connectivity index (χ1n) is 8.82. The fourth-order valence-corrected chi connectivity index (χ4v) is 5.32. The summed E-state index contributed by atoms with van der Waals surface area (Å²) in [5.74, 6) is 1.36. The summed E-state index contributed by atoms with van der Waals surface area (Å²) in [5.41, 5.74) is 5.86. The number of thiophene rings is 1. The largest absolute Gasteiger partial charge is 0.351 e. The lowest BCUT2D eigenvalue weighted by atomic mass is 9.59. The minimum absolute atomic E-state index is 0.0537. The highest BCUT2D eigenvalue weighted by Gasteiger charge is 2.42. The highest BCUT2D eigenvalue weighted by molar-refractivity contribution is 7.12. The highest BCUT2D eigenvalue weighted by atomic mass is 32.1. The number of rotatable bonds is 3. The van der Waals surface area contributed by atoms with Crippen molar-refractivity contribution < 1.29 is 4.79 Å². The second-order valence-electron chi connectivity index (χ2n) is 6.97. The van der Waals surface area contributed by atoms with Crippen LogP contribution in [0.4, 0.5) is 0 Å². The number of carbonyl (C=O) groups is 1. The van der Waals surface area contributed by atoms with E-state index in [2.05, 4.69) is 53.8 Å². The number of nitrogens with one attached hydrogen (secondary N) is 1. The van der Waals surface area contributed by atoms with E-state index in [1.54, 1.807) is 0 Å². The number of carbonyl (C=O) groups excluding carboxylic acids is 1. The van der Waals surface area contributed by atoms with Gasteiger partial charge in [0.05, 0.1) is 4.88 Å². The quantitative estimate of drug-likeness (QED) is 0.727. The topological polar surface area (TPSA) is 29.1 Å². The Hall–Kier alpha value is -2.39. The van der Waals surface area contributed by atoms with Gasteiger partial charge in [0.2, 0.25) is 0 Å². The molecule has 1 aromatic heterocycles. The summed E-state index contributed by atoms with van der Waals surface area (Å²) in [4.78, 5) is 13.1. The molecule has 1 unspecified atom stereocenters. The smallest absolute Gasteiger partial charge is 0.261 e. The number of fused-ring (bicyclic) bond motifs is 1. The van der Waals surface area contributed by atoms with Gasteiger partial charge in [-0.3, -0.25) is 4.79 Å². The van der Waals surface area contributed by atoms with Crippen molar-refractivity contribution in [3.63, 3.8) is 0 Å². The molecule has 0 aliphatic heterocycles. The first kappa shape index (κ1) is 14.9. The SMILES string of the molecule is O=C(NCC1CC2c3ccccc3C1c1ccccc12)c1cccs1. The summed E-state index contributed by atoms with van der Waals surface area (Å²) in [6.07, 6.45) is 1.11. The van der Waals surface area contributed by atoms with Crippen LogP contribution in [0.25, 0.3) is 0 Å². The summed E-state index contributed by atoms with van der Waals surface area (Å²) in [7, 11) is 0. The third-order valence-corrected chi connectivity index (χ3v) is 6.56. The lowest BCUT2D eigenvalue weighted by Gasteiger charge is -2.45. The van der Waals surface area contributed by atoms with Gasteiger partial charge >= 0.3 is 0 Å². The summed E-state index contributed by atoms with van der Waals surface area (Å²) < 4.78 is 0. The van der Waals surface area contributed by atoms with Crippen LogP contribution in [0, 0.1) is 5.92 Å². The third-order valence-electron chi connectivity index (χ3n) is 5.69. The fourth-order valence-electron chi connectivity index (χ4n) is 4.68. The molecule has 124 valence electrons. The van der Waals surface area contributed by atoms with E-state index < -0.39 is 0 Å². The molecule has 3 aliphatic carbocycles. The maximum absolute atomic E-state index is 12.3. The number of hydrogen-bond acceptors (Lipinski definition) is 2. The second-order valence-corrected chi connectivity index (χ2v) is 7.92. The molecule has 3 aromatic rings. The van der Waals surface area contributed by atoms with Gasteiger partial charge in [0, 0.05) is 18.4 Å². The molecule has 0 radical (unpaired) electrons. The molecule has 0 saturated heterocycles. The van der Waals surface area contributed by atoms with Gasteiger partial charge < -0.3 is 5.32 Å². The monoisotopic (exact) mass is 345 g/mol. The summed E-state index contributed by atoms with van der Waals surface area (Å²) in [6.45, 7) is 0.737. The van der Waals surface area contributed by atoms with E-state index in [1.165, 1.54) is 33.6 Å². The Morgan fingerprint density at radius 3 is 2.16 bits per heavy atom. The van der Waals surface area contributed by atoms with Gasteiger partial charge in [-0.1, -0.05) is 54.6 Å². The summed E-state index contributed by atoms with van der Waals surface area (Å²) >= 11 is 1.50. The van der Waals surface area contributed by atoms with Crippen LogP contribution in [0.1, 0.15) is 50.2 Å². The highest BCUT2D eigenvalue weighted by Crippen LogP contribution is 2.55. The Labute approximate surface area is 151 Å². The van der Waals surface area contributed by atoms with Gasteiger partial charge in [-0.15, -0.1) is 11.3 Å². The molecule has 2 nitrogen and oxygen atoms in total. The van der Waals surface area contributed by atoms with Crippen molar-refractivity contribution in [3.05, 3.63) is 93.2 Å². The zero-order valence-corrected chi connectivity index (χ0v) is 14.6.